The van der Waals surface area contributed by atoms with Crippen molar-refractivity contribution in [2.45, 2.75) is 25.7 Å². The summed E-state index contributed by atoms with van der Waals surface area (Å²) in [5.74, 6) is 2.70. The number of piperidine rings is 1. The molecule has 0 aliphatic carbocycles. The third kappa shape index (κ3) is 2.32. The second-order valence-electron chi connectivity index (χ2n) is 5.14. The van der Waals surface area contributed by atoms with Crippen LogP contribution in [0.5, 0.6) is 5.75 Å². The van der Waals surface area contributed by atoms with E-state index in [4.69, 9.17) is 9.72 Å². The van der Waals surface area contributed by atoms with Gasteiger partial charge < -0.3 is 14.6 Å². The lowest BCUT2D eigenvalue weighted by Crippen LogP contribution is -2.27. The number of aromatic nitrogens is 2. The van der Waals surface area contributed by atoms with Crippen LogP contribution in [-0.4, -0.2) is 29.2 Å². The number of hydrogen-bond donors (Lipinski definition) is 1. The Bertz CT molecular complexity index is 570. The van der Waals surface area contributed by atoms with Gasteiger partial charge in [-0.05, 0) is 45.0 Å². The highest BCUT2D eigenvalue weighted by atomic mass is 16.5. The Morgan fingerprint density at radius 1 is 1.37 bits per heavy atom. The summed E-state index contributed by atoms with van der Waals surface area (Å²) >= 11 is 0. The van der Waals surface area contributed by atoms with Gasteiger partial charge in [0.15, 0.2) is 0 Å². The number of aryl methyl sites for hydroxylation is 1. The van der Waals surface area contributed by atoms with Gasteiger partial charge in [-0.15, -0.1) is 0 Å². The summed E-state index contributed by atoms with van der Waals surface area (Å²) in [5.41, 5.74) is 2.24. The van der Waals surface area contributed by atoms with E-state index in [0.717, 1.165) is 24.4 Å². The highest BCUT2D eigenvalue weighted by Gasteiger charge is 2.20. The number of ether oxygens (including phenoxy) is 1. The Labute approximate surface area is 113 Å². The molecule has 0 bridgehead atoms. The third-order valence-corrected chi connectivity index (χ3v) is 3.90. The minimum Gasteiger partial charge on any atom is -0.494 e. The lowest BCUT2D eigenvalue weighted by molar-refractivity contribution is 0.340. The minimum absolute atomic E-state index is 0.578. The van der Waals surface area contributed by atoms with Crippen LogP contribution in [0.4, 0.5) is 0 Å². The maximum Gasteiger partial charge on any atom is 0.121 e. The fourth-order valence-electron chi connectivity index (χ4n) is 2.90. The van der Waals surface area contributed by atoms with E-state index in [1.54, 1.807) is 0 Å². The maximum absolute atomic E-state index is 5.55. The van der Waals surface area contributed by atoms with Gasteiger partial charge in [0.05, 0.1) is 17.6 Å². The van der Waals surface area contributed by atoms with Gasteiger partial charge >= 0.3 is 0 Å². The fraction of sp³-hybridized carbons (Fsp3) is 0.533. The van der Waals surface area contributed by atoms with Crippen LogP contribution in [-0.2, 0) is 7.05 Å². The molecule has 3 rings (SSSR count). The predicted octanol–water partition coefficient (Wildman–Crippen LogP) is 2.44. The molecule has 0 unspecified atom stereocenters. The van der Waals surface area contributed by atoms with Crippen LogP contribution in [0.15, 0.2) is 18.2 Å². The Kier molecular flexibility index (Phi) is 3.42. The van der Waals surface area contributed by atoms with Crippen LogP contribution in [0.3, 0.4) is 0 Å². The zero-order chi connectivity index (χ0) is 13.2. The molecule has 1 saturated heterocycles. The van der Waals surface area contributed by atoms with Gasteiger partial charge in [-0.25, -0.2) is 4.98 Å². The van der Waals surface area contributed by atoms with Crippen molar-refractivity contribution in [2.75, 3.05) is 19.7 Å². The van der Waals surface area contributed by atoms with E-state index < -0.39 is 0 Å². The Balaban J connectivity index is 1.98. The van der Waals surface area contributed by atoms with Crippen molar-refractivity contribution < 1.29 is 4.74 Å². The fourth-order valence-corrected chi connectivity index (χ4v) is 2.90. The quantitative estimate of drug-likeness (QED) is 0.920. The van der Waals surface area contributed by atoms with E-state index in [2.05, 4.69) is 23.0 Å². The lowest BCUT2D eigenvalue weighted by Gasteiger charge is -2.22. The number of imidazole rings is 1. The first kappa shape index (κ1) is 12.5. The number of benzene rings is 1. The molecule has 4 heteroatoms. The van der Waals surface area contributed by atoms with Gasteiger partial charge in [0, 0.05) is 19.0 Å². The summed E-state index contributed by atoms with van der Waals surface area (Å²) < 4.78 is 7.79. The molecule has 1 aliphatic rings. The number of rotatable bonds is 3. The molecule has 2 aromatic rings. The smallest absolute Gasteiger partial charge is 0.121 e. The van der Waals surface area contributed by atoms with E-state index >= 15 is 0 Å². The second kappa shape index (κ2) is 5.21. The molecule has 0 atom stereocenters. The molecule has 0 radical (unpaired) electrons. The predicted molar refractivity (Wildman–Crippen MR) is 76.7 cm³/mol. The highest BCUT2D eigenvalue weighted by molar-refractivity contribution is 5.77. The molecule has 1 aromatic carbocycles. The van der Waals surface area contributed by atoms with Crippen molar-refractivity contribution >= 4 is 11.0 Å². The average Bonchev–Trinajstić information content (AvgIpc) is 2.77. The van der Waals surface area contributed by atoms with Crippen LogP contribution < -0.4 is 10.1 Å². The van der Waals surface area contributed by atoms with Crippen molar-refractivity contribution in [3.8, 4) is 5.75 Å². The molecule has 0 amide bonds. The monoisotopic (exact) mass is 259 g/mol. The van der Waals surface area contributed by atoms with Crippen molar-refractivity contribution in [1.29, 1.82) is 0 Å². The Morgan fingerprint density at radius 3 is 2.89 bits per heavy atom. The standard InChI is InChI=1S/C15H21N3O/c1-3-19-12-4-5-14-13(10-12)17-15(18(14)2)11-6-8-16-9-7-11/h4-5,10-11,16H,3,6-9H2,1-2H3. The molecule has 2 heterocycles. The molecule has 1 aliphatic heterocycles. The summed E-state index contributed by atoms with van der Waals surface area (Å²) in [5, 5.41) is 3.41. The van der Waals surface area contributed by atoms with Crippen molar-refractivity contribution in [3.63, 3.8) is 0 Å². The molecular weight excluding hydrogens is 238 g/mol. The summed E-state index contributed by atoms with van der Waals surface area (Å²) in [6, 6.07) is 6.18. The van der Waals surface area contributed by atoms with Crippen LogP contribution in [0.1, 0.15) is 31.5 Å². The highest BCUT2D eigenvalue weighted by Crippen LogP contribution is 2.28. The van der Waals surface area contributed by atoms with E-state index in [-0.39, 0.29) is 0 Å². The third-order valence-electron chi connectivity index (χ3n) is 3.90. The summed E-state index contributed by atoms with van der Waals surface area (Å²) in [6.07, 6.45) is 2.35. The van der Waals surface area contributed by atoms with Gasteiger partial charge in [0.25, 0.3) is 0 Å². The van der Waals surface area contributed by atoms with Gasteiger partial charge in [-0.3, -0.25) is 0 Å². The zero-order valence-corrected chi connectivity index (χ0v) is 11.6. The molecule has 4 nitrogen and oxygen atoms in total. The first-order chi connectivity index (χ1) is 9.29. The second-order valence-corrected chi connectivity index (χ2v) is 5.14. The van der Waals surface area contributed by atoms with Crippen LogP contribution >= 0.6 is 0 Å². The van der Waals surface area contributed by atoms with E-state index in [9.17, 15) is 0 Å². The molecule has 1 aromatic heterocycles. The zero-order valence-electron chi connectivity index (χ0n) is 11.6. The van der Waals surface area contributed by atoms with Crippen LogP contribution in [0, 0.1) is 0 Å². The van der Waals surface area contributed by atoms with Gasteiger partial charge in [-0.2, -0.15) is 0 Å². The van der Waals surface area contributed by atoms with Gasteiger partial charge in [-0.1, -0.05) is 0 Å². The molecule has 1 fully saturated rings. The number of hydrogen-bond acceptors (Lipinski definition) is 3. The van der Waals surface area contributed by atoms with Crippen molar-refractivity contribution in [1.82, 2.24) is 14.9 Å². The van der Waals surface area contributed by atoms with Crippen LogP contribution in [0.25, 0.3) is 11.0 Å². The summed E-state index contributed by atoms with van der Waals surface area (Å²) in [7, 11) is 2.12. The Morgan fingerprint density at radius 2 is 2.16 bits per heavy atom. The van der Waals surface area contributed by atoms with Gasteiger partial charge in [0.2, 0.25) is 0 Å². The molecule has 0 saturated carbocycles. The summed E-state index contributed by atoms with van der Waals surface area (Å²) in [4.78, 5) is 4.83. The van der Waals surface area contributed by atoms with Gasteiger partial charge in [0.1, 0.15) is 11.6 Å². The summed E-state index contributed by atoms with van der Waals surface area (Å²) in [6.45, 7) is 4.89. The maximum atomic E-state index is 5.55. The molecule has 102 valence electrons. The molecular formula is C15H21N3O. The van der Waals surface area contributed by atoms with Crippen molar-refractivity contribution in [3.05, 3.63) is 24.0 Å². The first-order valence-corrected chi connectivity index (χ1v) is 7.09. The molecule has 19 heavy (non-hydrogen) atoms. The largest absolute Gasteiger partial charge is 0.494 e. The normalized spacial score (nSPS) is 16.9. The van der Waals surface area contributed by atoms with E-state index in [0.29, 0.717) is 12.5 Å². The van der Waals surface area contributed by atoms with Crippen LogP contribution in [0.2, 0.25) is 0 Å². The average molecular weight is 259 g/mol. The van der Waals surface area contributed by atoms with Crippen molar-refractivity contribution in [2.24, 2.45) is 7.05 Å². The van der Waals surface area contributed by atoms with E-state index in [1.807, 2.05) is 19.1 Å². The number of nitrogens with zero attached hydrogens (tertiary/aromatic N) is 2. The number of fused-ring (bicyclic) bond motifs is 1. The molecule has 0 spiro atoms. The lowest BCUT2D eigenvalue weighted by atomic mass is 9.97. The number of nitrogens with one attached hydrogen (secondary N) is 1. The topological polar surface area (TPSA) is 39.1 Å². The van der Waals surface area contributed by atoms with E-state index in [1.165, 1.54) is 24.2 Å². The molecule has 1 N–H and O–H groups in total. The minimum atomic E-state index is 0.578. The SMILES string of the molecule is CCOc1ccc2c(c1)nc(C1CCNCC1)n2C. The first-order valence-electron chi connectivity index (χ1n) is 7.09. The Hall–Kier alpha value is -1.55.